The van der Waals surface area contributed by atoms with Crippen LogP contribution in [0.15, 0.2) is 12.7 Å². The highest BCUT2D eigenvalue weighted by atomic mass is 28.3. The normalized spacial score (nSPS) is 23.8. The minimum atomic E-state index is -1.18. The van der Waals surface area contributed by atoms with E-state index in [-0.39, 0.29) is 24.3 Å². The van der Waals surface area contributed by atoms with Gasteiger partial charge >= 0.3 is 6.09 Å². The van der Waals surface area contributed by atoms with Crippen LogP contribution in [0.2, 0.25) is 13.1 Å². The van der Waals surface area contributed by atoms with E-state index in [0.717, 1.165) is 6.42 Å². The molecule has 0 N–H and O–H groups in total. The summed E-state index contributed by atoms with van der Waals surface area (Å²) < 4.78 is 11.1. The Morgan fingerprint density at radius 1 is 1.47 bits per heavy atom. The molecule has 4 nitrogen and oxygen atoms in total. The topological polar surface area (TPSA) is 38.8 Å². The third kappa shape index (κ3) is 4.65. The summed E-state index contributed by atoms with van der Waals surface area (Å²) >= 11 is 0. The molecule has 0 saturated carbocycles. The van der Waals surface area contributed by atoms with E-state index in [4.69, 9.17) is 9.16 Å². The first kappa shape index (κ1) is 16.2. The first-order valence-corrected chi connectivity index (χ1v) is 9.73. The second kappa shape index (κ2) is 6.57. The molecule has 0 aliphatic carbocycles. The van der Waals surface area contributed by atoms with Gasteiger partial charge in [-0.2, -0.15) is 0 Å². The number of hydrogen-bond donors (Lipinski definition) is 0. The fourth-order valence-corrected chi connectivity index (χ4v) is 3.16. The maximum Gasteiger partial charge on any atom is 0.412 e. The molecule has 1 fully saturated rings. The molecule has 1 amide bonds. The maximum atomic E-state index is 12.1. The molecule has 1 aliphatic heterocycles. The number of amides is 1. The van der Waals surface area contributed by atoms with Crippen molar-refractivity contribution in [1.29, 1.82) is 0 Å². The van der Waals surface area contributed by atoms with Crippen LogP contribution < -0.4 is 0 Å². The molecule has 0 spiro atoms. The Bertz CT molecular complexity index is 325. The van der Waals surface area contributed by atoms with Gasteiger partial charge in [-0.3, -0.25) is 4.90 Å². The van der Waals surface area contributed by atoms with E-state index < -0.39 is 9.04 Å². The first-order chi connectivity index (χ1) is 8.75. The number of carbonyl (C=O) groups excluding carboxylic acids is 1. The molecule has 5 heteroatoms. The molecule has 0 aromatic carbocycles. The van der Waals surface area contributed by atoms with Gasteiger partial charge in [0.15, 0.2) is 9.04 Å². The number of hydrogen-bond acceptors (Lipinski definition) is 3. The van der Waals surface area contributed by atoms with Gasteiger partial charge in [-0.05, 0) is 30.8 Å². The van der Waals surface area contributed by atoms with Gasteiger partial charge in [0.2, 0.25) is 0 Å². The van der Waals surface area contributed by atoms with E-state index in [0.29, 0.717) is 12.5 Å². The third-order valence-electron chi connectivity index (χ3n) is 3.46. The molecule has 0 aromatic heterocycles. The monoisotopic (exact) mass is 285 g/mol. The van der Waals surface area contributed by atoms with Gasteiger partial charge in [0, 0.05) is 6.54 Å². The van der Waals surface area contributed by atoms with Crippen molar-refractivity contribution in [2.24, 2.45) is 11.3 Å². The molecule has 110 valence electrons. The summed E-state index contributed by atoms with van der Waals surface area (Å²) in [6.07, 6.45) is 2.08. The summed E-state index contributed by atoms with van der Waals surface area (Å²) in [5.74, 6) is 0.446. The Morgan fingerprint density at radius 2 is 2.11 bits per heavy atom. The second-order valence-corrected chi connectivity index (χ2v) is 8.83. The molecule has 1 saturated heterocycles. The van der Waals surface area contributed by atoms with Crippen molar-refractivity contribution in [1.82, 2.24) is 4.90 Å². The van der Waals surface area contributed by atoms with Crippen molar-refractivity contribution in [3.63, 3.8) is 0 Å². The Hall–Kier alpha value is -0.813. The molecular formula is C14H27NO3Si. The predicted octanol–water partition coefficient (Wildman–Crippen LogP) is 3.00. The Balaban J connectivity index is 2.74. The summed E-state index contributed by atoms with van der Waals surface area (Å²) in [6, 6.07) is 0. The molecular weight excluding hydrogens is 258 g/mol. The van der Waals surface area contributed by atoms with Crippen LogP contribution in [0.4, 0.5) is 4.79 Å². The van der Waals surface area contributed by atoms with Gasteiger partial charge in [-0.25, -0.2) is 4.79 Å². The SMILES string of the molecule is C=CCOC(=O)N1CC(C(C)(C)C)CC1O[SiH](C)C. The van der Waals surface area contributed by atoms with Crippen molar-refractivity contribution in [3.8, 4) is 0 Å². The summed E-state index contributed by atoms with van der Waals surface area (Å²) in [5, 5.41) is 0. The van der Waals surface area contributed by atoms with Gasteiger partial charge in [0.1, 0.15) is 12.8 Å². The maximum absolute atomic E-state index is 12.1. The summed E-state index contributed by atoms with van der Waals surface area (Å²) in [7, 11) is -1.18. The number of likely N-dealkylation sites (tertiary alicyclic amines) is 1. The van der Waals surface area contributed by atoms with Crippen molar-refractivity contribution < 1.29 is 14.0 Å². The lowest BCUT2D eigenvalue weighted by molar-refractivity contribution is 0.0429. The van der Waals surface area contributed by atoms with Crippen molar-refractivity contribution in [3.05, 3.63) is 12.7 Å². The largest absolute Gasteiger partial charge is 0.445 e. The van der Waals surface area contributed by atoms with Gasteiger partial charge < -0.3 is 9.16 Å². The van der Waals surface area contributed by atoms with E-state index in [1.807, 2.05) is 0 Å². The Morgan fingerprint density at radius 3 is 2.58 bits per heavy atom. The second-order valence-electron chi connectivity index (χ2n) is 6.46. The molecule has 19 heavy (non-hydrogen) atoms. The van der Waals surface area contributed by atoms with Gasteiger partial charge in [0.05, 0.1) is 0 Å². The lowest BCUT2D eigenvalue weighted by Crippen LogP contribution is -2.40. The Kier molecular flexibility index (Phi) is 5.61. The van der Waals surface area contributed by atoms with E-state index in [9.17, 15) is 4.79 Å². The number of carbonyl (C=O) groups is 1. The summed E-state index contributed by atoms with van der Waals surface area (Å²) in [6.45, 7) is 15.4. The van der Waals surface area contributed by atoms with Gasteiger partial charge in [0.25, 0.3) is 0 Å². The molecule has 0 aromatic rings. The van der Waals surface area contributed by atoms with E-state index in [1.165, 1.54) is 0 Å². The van der Waals surface area contributed by atoms with Crippen molar-refractivity contribution in [2.75, 3.05) is 13.2 Å². The molecule has 2 atom stereocenters. The molecule has 0 bridgehead atoms. The Labute approximate surface area is 118 Å². The van der Waals surface area contributed by atoms with Crippen LogP contribution in [0.25, 0.3) is 0 Å². The van der Waals surface area contributed by atoms with Crippen LogP contribution >= 0.6 is 0 Å². The zero-order valence-electron chi connectivity index (χ0n) is 12.8. The lowest BCUT2D eigenvalue weighted by atomic mass is 9.80. The average molecular weight is 285 g/mol. The first-order valence-electron chi connectivity index (χ1n) is 6.95. The van der Waals surface area contributed by atoms with Crippen molar-refractivity contribution >= 4 is 15.1 Å². The van der Waals surface area contributed by atoms with Crippen LogP contribution in [0.3, 0.4) is 0 Å². The average Bonchev–Trinajstić information content (AvgIpc) is 2.68. The molecule has 1 rings (SSSR count). The zero-order chi connectivity index (χ0) is 14.6. The highest BCUT2D eigenvalue weighted by Crippen LogP contribution is 2.37. The zero-order valence-corrected chi connectivity index (χ0v) is 14.0. The van der Waals surface area contributed by atoms with E-state index >= 15 is 0 Å². The highest BCUT2D eigenvalue weighted by Gasteiger charge is 2.41. The summed E-state index contributed by atoms with van der Waals surface area (Å²) in [5.41, 5.74) is 0.174. The number of rotatable bonds is 4. The van der Waals surface area contributed by atoms with Crippen LogP contribution in [0, 0.1) is 11.3 Å². The van der Waals surface area contributed by atoms with Crippen LogP contribution in [0.1, 0.15) is 27.2 Å². The third-order valence-corrected chi connectivity index (χ3v) is 4.32. The highest BCUT2D eigenvalue weighted by molar-refractivity contribution is 6.48. The van der Waals surface area contributed by atoms with Crippen LogP contribution in [-0.2, 0) is 9.16 Å². The standard InChI is InChI=1S/C14H27NO3Si/c1-7-8-17-13(16)15-10-11(14(2,3)4)9-12(15)18-19(5)6/h7,11-12,19H,1,8-10H2,2-6H3. The molecule has 1 aliphatic rings. The predicted molar refractivity (Wildman–Crippen MR) is 79.6 cm³/mol. The van der Waals surface area contributed by atoms with E-state index in [2.05, 4.69) is 40.4 Å². The molecule has 0 radical (unpaired) electrons. The minimum absolute atomic E-state index is 0.117. The van der Waals surface area contributed by atoms with Crippen LogP contribution in [0.5, 0.6) is 0 Å². The molecule has 2 unspecified atom stereocenters. The fourth-order valence-electron chi connectivity index (χ4n) is 2.28. The number of ether oxygens (including phenoxy) is 1. The van der Waals surface area contributed by atoms with Crippen molar-refractivity contribution in [2.45, 2.75) is 46.5 Å². The lowest BCUT2D eigenvalue weighted by Gasteiger charge is -2.26. The van der Waals surface area contributed by atoms with Crippen LogP contribution in [-0.4, -0.2) is 39.4 Å². The smallest absolute Gasteiger partial charge is 0.412 e. The quantitative estimate of drug-likeness (QED) is 0.589. The molecule has 1 heterocycles. The van der Waals surface area contributed by atoms with Gasteiger partial charge in [-0.1, -0.05) is 33.4 Å². The fraction of sp³-hybridized carbons (Fsp3) is 0.786. The number of nitrogens with zero attached hydrogens (tertiary/aromatic N) is 1. The summed E-state index contributed by atoms with van der Waals surface area (Å²) in [4.78, 5) is 13.8. The van der Waals surface area contributed by atoms with Gasteiger partial charge in [-0.15, -0.1) is 0 Å². The minimum Gasteiger partial charge on any atom is -0.445 e. The van der Waals surface area contributed by atoms with E-state index in [1.54, 1.807) is 11.0 Å².